The van der Waals surface area contributed by atoms with Crippen molar-refractivity contribution in [3.8, 4) is 5.75 Å². The van der Waals surface area contributed by atoms with Crippen molar-refractivity contribution in [2.75, 3.05) is 12.4 Å². The van der Waals surface area contributed by atoms with E-state index in [0.29, 0.717) is 11.0 Å². The highest BCUT2D eigenvalue weighted by molar-refractivity contribution is 7.80. The molecule has 0 saturated heterocycles. The van der Waals surface area contributed by atoms with Gasteiger partial charge in [0.2, 0.25) is 0 Å². The molecule has 0 heterocycles. The predicted molar refractivity (Wildman–Crippen MR) is 106 cm³/mol. The number of ether oxygens (including phenoxy) is 1. The first-order chi connectivity index (χ1) is 11.5. The highest BCUT2D eigenvalue weighted by atomic mass is 32.1. The molecule has 0 aliphatic carbocycles. The molecule has 2 aromatic rings. The van der Waals surface area contributed by atoms with Gasteiger partial charge in [0.25, 0.3) is 0 Å². The Morgan fingerprint density at radius 2 is 1.62 bits per heavy atom. The second kappa shape index (κ2) is 8.69. The average Bonchev–Trinajstić information content (AvgIpc) is 2.55. The van der Waals surface area contributed by atoms with E-state index in [1.807, 2.05) is 24.3 Å². The monoisotopic (exact) mass is 342 g/mol. The molecule has 0 aliphatic heterocycles. The Morgan fingerprint density at radius 1 is 1.00 bits per heavy atom. The van der Waals surface area contributed by atoms with Crippen molar-refractivity contribution in [3.63, 3.8) is 0 Å². The van der Waals surface area contributed by atoms with Crippen LogP contribution in [0.1, 0.15) is 37.9 Å². The van der Waals surface area contributed by atoms with E-state index in [1.165, 1.54) is 11.1 Å². The maximum Gasteiger partial charge on any atom is 0.171 e. The topological polar surface area (TPSA) is 33.3 Å². The minimum absolute atomic E-state index is 0.149. The predicted octanol–water partition coefficient (Wildman–Crippen LogP) is 4.94. The van der Waals surface area contributed by atoms with Crippen molar-refractivity contribution in [1.29, 1.82) is 0 Å². The molecule has 1 atom stereocenters. The molecule has 0 radical (unpaired) electrons. The molecular weight excluding hydrogens is 316 g/mol. The fourth-order valence-electron chi connectivity index (χ4n) is 2.54. The van der Waals surface area contributed by atoms with E-state index in [-0.39, 0.29) is 6.04 Å². The number of rotatable bonds is 6. The summed E-state index contributed by atoms with van der Waals surface area (Å²) in [6.45, 7) is 6.59. The zero-order chi connectivity index (χ0) is 17.5. The van der Waals surface area contributed by atoms with Crippen molar-refractivity contribution < 1.29 is 4.74 Å². The van der Waals surface area contributed by atoms with Crippen LogP contribution >= 0.6 is 12.2 Å². The van der Waals surface area contributed by atoms with Crippen LogP contribution in [0.5, 0.6) is 5.75 Å². The van der Waals surface area contributed by atoms with Gasteiger partial charge in [0, 0.05) is 5.69 Å². The third kappa shape index (κ3) is 5.53. The van der Waals surface area contributed by atoms with Crippen molar-refractivity contribution in [3.05, 3.63) is 59.7 Å². The molecule has 0 aliphatic rings. The molecule has 0 saturated carbocycles. The highest BCUT2D eigenvalue weighted by Gasteiger charge is 2.08. The lowest BCUT2D eigenvalue weighted by molar-refractivity contribution is 0.415. The molecule has 0 amide bonds. The Morgan fingerprint density at radius 3 is 2.17 bits per heavy atom. The number of hydrogen-bond donors (Lipinski definition) is 2. The normalized spacial score (nSPS) is 11.9. The van der Waals surface area contributed by atoms with Gasteiger partial charge in [-0.2, -0.15) is 0 Å². The molecule has 24 heavy (non-hydrogen) atoms. The molecule has 2 N–H and O–H groups in total. The van der Waals surface area contributed by atoms with Gasteiger partial charge in [0.05, 0.1) is 13.2 Å². The Balaban J connectivity index is 1.90. The van der Waals surface area contributed by atoms with Gasteiger partial charge in [-0.3, -0.25) is 0 Å². The Hall–Kier alpha value is -2.07. The zero-order valence-electron chi connectivity index (χ0n) is 14.8. The number of anilines is 1. The number of hydrogen-bond acceptors (Lipinski definition) is 2. The maximum absolute atomic E-state index is 5.40. The first-order valence-electron chi connectivity index (χ1n) is 8.28. The Bertz CT molecular complexity index is 650. The molecule has 128 valence electrons. The van der Waals surface area contributed by atoms with Gasteiger partial charge in [0.15, 0.2) is 5.11 Å². The van der Waals surface area contributed by atoms with Crippen molar-refractivity contribution >= 4 is 23.0 Å². The van der Waals surface area contributed by atoms with Crippen LogP contribution < -0.4 is 15.4 Å². The summed E-state index contributed by atoms with van der Waals surface area (Å²) in [5.41, 5.74) is 3.54. The second-order valence-corrected chi connectivity index (χ2v) is 6.80. The first-order valence-corrected chi connectivity index (χ1v) is 8.69. The van der Waals surface area contributed by atoms with Crippen LogP contribution in [-0.2, 0) is 6.42 Å². The zero-order valence-corrected chi connectivity index (χ0v) is 15.6. The maximum atomic E-state index is 5.40. The summed E-state index contributed by atoms with van der Waals surface area (Å²) in [5, 5.41) is 7.13. The molecule has 3 nitrogen and oxygen atoms in total. The standard InChI is InChI=1S/C20H26N2OS/c1-14(2)13-16-5-7-17(8-6-16)15(3)21-20(24)22-18-9-11-19(23-4)12-10-18/h5-12,14-15H,13H2,1-4H3,(H2,21,22,24). The van der Waals surface area contributed by atoms with Crippen molar-refractivity contribution in [2.24, 2.45) is 5.92 Å². The van der Waals surface area contributed by atoms with Gasteiger partial charge in [-0.15, -0.1) is 0 Å². The number of thiocarbonyl (C=S) groups is 1. The van der Waals surface area contributed by atoms with Crippen molar-refractivity contribution in [1.82, 2.24) is 5.32 Å². The molecule has 0 aromatic heterocycles. The largest absolute Gasteiger partial charge is 0.497 e. The van der Waals surface area contributed by atoms with Gasteiger partial charge in [-0.1, -0.05) is 38.1 Å². The smallest absolute Gasteiger partial charge is 0.171 e. The lowest BCUT2D eigenvalue weighted by Crippen LogP contribution is -2.30. The number of methoxy groups -OCH3 is 1. The van der Waals surface area contributed by atoms with Crippen LogP contribution in [-0.4, -0.2) is 12.2 Å². The fraction of sp³-hybridized carbons (Fsp3) is 0.350. The third-order valence-corrected chi connectivity index (χ3v) is 4.04. The van der Waals surface area contributed by atoms with Crippen LogP contribution in [0, 0.1) is 5.92 Å². The Kier molecular flexibility index (Phi) is 6.62. The van der Waals surface area contributed by atoms with E-state index < -0.39 is 0 Å². The van der Waals surface area contributed by atoms with E-state index in [9.17, 15) is 0 Å². The quantitative estimate of drug-likeness (QED) is 0.728. The van der Waals surface area contributed by atoms with Gasteiger partial charge in [0.1, 0.15) is 5.75 Å². The van der Waals surface area contributed by atoms with Crippen LogP contribution in [0.2, 0.25) is 0 Å². The van der Waals surface area contributed by atoms with Crippen LogP contribution in [0.15, 0.2) is 48.5 Å². The molecule has 0 fully saturated rings. The number of nitrogens with one attached hydrogen (secondary N) is 2. The average molecular weight is 343 g/mol. The lowest BCUT2D eigenvalue weighted by Gasteiger charge is -2.18. The minimum atomic E-state index is 0.149. The summed E-state index contributed by atoms with van der Waals surface area (Å²) in [6, 6.07) is 16.6. The van der Waals surface area contributed by atoms with Gasteiger partial charge in [-0.05, 0) is 66.9 Å². The van der Waals surface area contributed by atoms with E-state index in [4.69, 9.17) is 17.0 Å². The summed E-state index contributed by atoms with van der Waals surface area (Å²) < 4.78 is 5.15. The summed E-state index contributed by atoms with van der Waals surface area (Å²) in [6.07, 6.45) is 1.11. The van der Waals surface area contributed by atoms with E-state index in [1.54, 1.807) is 7.11 Å². The second-order valence-electron chi connectivity index (χ2n) is 6.39. The van der Waals surface area contributed by atoms with Gasteiger partial charge >= 0.3 is 0 Å². The van der Waals surface area contributed by atoms with Crippen LogP contribution in [0.25, 0.3) is 0 Å². The van der Waals surface area contributed by atoms with E-state index in [2.05, 4.69) is 55.7 Å². The molecule has 0 bridgehead atoms. The molecule has 2 aromatic carbocycles. The summed E-state index contributed by atoms with van der Waals surface area (Å²) in [5.74, 6) is 1.50. The molecular formula is C20H26N2OS. The SMILES string of the molecule is COc1ccc(NC(=S)NC(C)c2ccc(CC(C)C)cc2)cc1. The summed E-state index contributed by atoms with van der Waals surface area (Å²) in [7, 11) is 1.66. The third-order valence-electron chi connectivity index (χ3n) is 3.82. The highest BCUT2D eigenvalue weighted by Crippen LogP contribution is 2.17. The Labute approximate surface area is 150 Å². The summed E-state index contributed by atoms with van der Waals surface area (Å²) >= 11 is 5.40. The van der Waals surface area contributed by atoms with Crippen molar-refractivity contribution in [2.45, 2.75) is 33.2 Å². The fourth-order valence-corrected chi connectivity index (χ4v) is 2.83. The van der Waals surface area contributed by atoms with E-state index >= 15 is 0 Å². The molecule has 2 rings (SSSR count). The van der Waals surface area contributed by atoms with E-state index in [0.717, 1.165) is 17.9 Å². The minimum Gasteiger partial charge on any atom is -0.497 e. The molecule has 0 spiro atoms. The van der Waals surface area contributed by atoms with Gasteiger partial charge < -0.3 is 15.4 Å². The summed E-state index contributed by atoms with van der Waals surface area (Å²) in [4.78, 5) is 0. The molecule has 4 heteroatoms. The van der Waals surface area contributed by atoms with Crippen LogP contribution in [0.3, 0.4) is 0 Å². The first kappa shape index (κ1) is 18.3. The lowest BCUT2D eigenvalue weighted by atomic mass is 10.00. The van der Waals surface area contributed by atoms with Gasteiger partial charge in [-0.25, -0.2) is 0 Å². The van der Waals surface area contributed by atoms with Crippen LogP contribution in [0.4, 0.5) is 5.69 Å². The molecule has 1 unspecified atom stereocenters. The number of benzene rings is 2.